The van der Waals surface area contributed by atoms with Crippen LogP contribution < -0.4 is 25.9 Å². The highest BCUT2D eigenvalue weighted by atomic mass is 16.6. The van der Waals surface area contributed by atoms with Crippen molar-refractivity contribution in [1.82, 2.24) is 5.43 Å². The Morgan fingerprint density at radius 1 is 1.15 bits per heavy atom. The summed E-state index contributed by atoms with van der Waals surface area (Å²) in [4.78, 5) is 4.30. The number of rotatable bonds is 7. The molecule has 2 aromatic rings. The van der Waals surface area contributed by atoms with Crippen LogP contribution in [0.2, 0.25) is 0 Å². The predicted molar refractivity (Wildman–Crippen MR) is 109 cm³/mol. The van der Waals surface area contributed by atoms with Crippen LogP contribution in [0.4, 0.5) is 11.4 Å². The number of hydrazone groups is 1. The molecule has 1 aliphatic heterocycles. The van der Waals surface area contributed by atoms with Crippen LogP contribution in [0.3, 0.4) is 0 Å². The minimum absolute atomic E-state index is 0.368. The van der Waals surface area contributed by atoms with Gasteiger partial charge in [-0.25, -0.2) is 4.99 Å². The SMILES string of the molecule is C/C=C/CNc1ccccc1/C(N)=N/NC=Nc1ccc2c(c1)OCCO2. The second-order valence-corrected chi connectivity index (χ2v) is 5.71. The van der Waals surface area contributed by atoms with Crippen molar-refractivity contribution in [2.75, 3.05) is 25.1 Å². The normalized spacial score (nSPS) is 13.9. The van der Waals surface area contributed by atoms with Crippen molar-refractivity contribution in [1.29, 1.82) is 0 Å². The summed E-state index contributed by atoms with van der Waals surface area (Å²) in [6.07, 6.45) is 5.50. The second kappa shape index (κ2) is 9.28. The van der Waals surface area contributed by atoms with Gasteiger partial charge in [-0.05, 0) is 31.2 Å². The van der Waals surface area contributed by atoms with Crippen molar-refractivity contribution in [3.8, 4) is 11.5 Å². The molecule has 1 heterocycles. The number of aliphatic imine (C=N–C) groups is 1. The number of amidine groups is 1. The van der Waals surface area contributed by atoms with Gasteiger partial charge in [-0.15, -0.1) is 0 Å². The lowest BCUT2D eigenvalue weighted by molar-refractivity contribution is 0.171. The molecule has 7 heteroatoms. The number of para-hydroxylation sites is 1. The van der Waals surface area contributed by atoms with Gasteiger partial charge < -0.3 is 20.5 Å². The topological polar surface area (TPSA) is 93.3 Å². The van der Waals surface area contributed by atoms with Crippen molar-refractivity contribution < 1.29 is 9.47 Å². The molecule has 0 aliphatic carbocycles. The van der Waals surface area contributed by atoms with Gasteiger partial charge in [0.05, 0.1) is 5.69 Å². The molecule has 0 spiro atoms. The van der Waals surface area contributed by atoms with E-state index in [0.29, 0.717) is 24.8 Å². The predicted octanol–water partition coefficient (Wildman–Crippen LogP) is 3.02. The van der Waals surface area contributed by atoms with Gasteiger partial charge in [0.2, 0.25) is 0 Å². The Kier molecular flexibility index (Phi) is 6.30. The van der Waals surface area contributed by atoms with Gasteiger partial charge in [-0.1, -0.05) is 24.3 Å². The molecule has 0 fully saturated rings. The van der Waals surface area contributed by atoms with Crippen LogP contribution in [0.25, 0.3) is 0 Å². The molecule has 140 valence electrons. The molecule has 0 radical (unpaired) electrons. The minimum Gasteiger partial charge on any atom is -0.486 e. The Bertz CT molecular complexity index is 861. The van der Waals surface area contributed by atoms with E-state index in [1.165, 1.54) is 6.34 Å². The fourth-order valence-electron chi connectivity index (χ4n) is 2.52. The average Bonchev–Trinajstić information content (AvgIpc) is 2.71. The third-order valence-corrected chi connectivity index (χ3v) is 3.83. The van der Waals surface area contributed by atoms with E-state index >= 15 is 0 Å². The first kappa shape index (κ1) is 18.3. The maximum absolute atomic E-state index is 6.10. The van der Waals surface area contributed by atoms with Gasteiger partial charge in [0.25, 0.3) is 0 Å². The van der Waals surface area contributed by atoms with E-state index in [4.69, 9.17) is 15.2 Å². The standard InChI is InChI=1S/C20H23N5O2/c1-2-3-10-22-17-7-5-4-6-16(17)20(21)25-24-14-23-15-8-9-18-19(13-15)27-12-11-26-18/h2-9,13-14,22H,10-12H2,1H3,(H2,21,25)(H,23,24)/b3-2+. The summed E-state index contributed by atoms with van der Waals surface area (Å²) in [5, 5.41) is 7.47. The van der Waals surface area contributed by atoms with Crippen LogP contribution in [0.5, 0.6) is 11.5 Å². The number of ether oxygens (including phenoxy) is 2. The van der Waals surface area contributed by atoms with Gasteiger partial charge in [0.15, 0.2) is 17.3 Å². The fraction of sp³-hybridized carbons (Fsp3) is 0.200. The first-order chi connectivity index (χ1) is 13.3. The average molecular weight is 365 g/mol. The van der Waals surface area contributed by atoms with Crippen molar-refractivity contribution in [2.45, 2.75) is 6.92 Å². The minimum atomic E-state index is 0.368. The smallest absolute Gasteiger partial charge is 0.163 e. The third kappa shape index (κ3) is 5.01. The van der Waals surface area contributed by atoms with Crippen LogP contribution in [-0.4, -0.2) is 31.9 Å². The van der Waals surface area contributed by atoms with E-state index < -0.39 is 0 Å². The number of hydrogen-bond donors (Lipinski definition) is 3. The fourth-order valence-corrected chi connectivity index (χ4v) is 2.52. The lowest BCUT2D eigenvalue weighted by atomic mass is 10.1. The quantitative estimate of drug-likeness (QED) is 0.303. The zero-order valence-corrected chi connectivity index (χ0v) is 15.2. The molecule has 0 unspecified atom stereocenters. The van der Waals surface area contributed by atoms with Crippen LogP contribution in [-0.2, 0) is 0 Å². The van der Waals surface area contributed by atoms with Crippen molar-refractivity contribution in [2.24, 2.45) is 15.8 Å². The van der Waals surface area contributed by atoms with E-state index in [0.717, 1.165) is 29.2 Å². The van der Waals surface area contributed by atoms with Gasteiger partial charge >= 0.3 is 0 Å². The number of fused-ring (bicyclic) bond motifs is 1. The number of nitrogens with zero attached hydrogens (tertiary/aromatic N) is 2. The molecule has 3 rings (SSSR count). The molecular formula is C20H23N5O2. The summed E-state index contributed by atoms with van der Waals surface area (Å²) < 4.78 is 11.0. The highest BCUT2D eigenvalue weighted by Gasteiger charge is 2.11. The summed E-state index contributed by atoms with van der Waals surface area (Å²) in [6, 6.07) is 13.2. The van der Waals surface area contributed by atoms with E-state index in [9.17, 15) is 0 Å². The maximum atomic E-state index is 6.10. The molecule has 4 N–H and O–H groups in total. The summed E-state index contributed by atoms with van der Waals surface area (Å²) in [5.41, 5.74) is 11.3. The van der Waals surface area contributed by atoms with Gasteiger partial charge in [0, 0.05) is 23.9 Å². The number of benzene rings is 2. The number of nitrogens with two attached hydrogens (primary N) is 1. The summed E-state index contributed by atoms with van der Waals surface area (Å²) in [7, 11) is 0. The van der Waals surface area contributed by atoms with Crippen LogP contribution in [0.15, 0.2) is 64.7 Å². The Morgan fingerprint density at radius 2 is 1.96 bits per heavy atom. The van der Waals surface area contributed by atoms with Crippen LogP contribution in [0.1, 0.15) is 12.5 Å². The molecule has 27 heavy (non-hydrogen) atoms. The molecule has 2 aromatic carbocycles. The Morgan fingerprint density at radius 3 is 2.81 bits per heavy atom. The molecule has 0 atom stereocenters. The van der Waals surface area contributed by atoms with Gasteiger partial charge in [-0.3, -0.25) is 5.43 Å². The largest absolute Gasteiger partial charge is 0.486 e. The molecule has 0 amide bonds. The zero-order valence-electron chi connectivity index (χ0n) is 15.2. The van der Waals surface area contributed by atoms with Gasteiger partial charge in [0.1, 0.15) is 19.6 Å². The van der Waals surface area contributed by atoms with Crippen LogP contribution >= 0.6 is 0 Å². The summed E-state index contributed by atoms with van der Waals surface area (Å²) in [6.45, 7) is 3.81. The Labute approximate surface area is 158 Å². The second-order valence-electron chi connectivity index (χ2n) is 5.71. The van der Waals surface area contributed by atoms with Crippen LogP contribution in [0, 0.1) is 0 Å². The molecular weight excluding hydrogens is 342 g/mol. The summed E-state index contributed by atoms with van der Waals surface area (Å²) in [5.74, 6) is 1.80. The molecule has 0 saturated heterocycles. The number of anilines is 1. The van der Waals surface area contributed by atoms with Crippen molar-refractivity contribution in [3.05, 3.63) is 60.2 Å². The van der Waals surface area contributed by atoms with E-state index in [1.54, 1.807) is 0 Å². The zero-order chi connectivity index (χ0) is 18.9. The first-order valence-corrected chi connectivity index (χ1v) is 8.73. The Hall–Kier alpha value is -3.48. The molecule has 0 saturated carbocycles. The molecule has 0 bridgehead atoms. The first-order valence-electron chi connectivity index (χ1n) is 8.73. The number of hydrogen-bond acceptors (Lipinski definition) is 5. The van der Waals surface area contributed by atoms with E-state index in [2.05, 4.69) is 20.8 Å². The summed E-state index contributed by atoms with van der Waals surface area (Å²) >= 11 is 0. The monoisotopic (exact) mass is 365 g/mol. The maximum Gasteiger partial charge on any atom is 0.163 e. The number of nitrogens with one attached hydrogen (secondary N) is 2. The third-order valence-electron chi connectivity index (χ3n) is 3.83. The molecule has 0 aromatic heterocycles. The molecule has 7 nitrogen and oxygen atoms in total. The van der Waals surface area contributed by atoms with Crippen molar-refractivity contribution >= 4 is 23.5 Å². The van der Waals surface area contributed by atoms with E-state index in [1.807, 2.05) is 61.5 Å². The van der Waals surface area contributed by atoms with Crippen molar-refractivity contribution in [3.63, 3.8) is 0 Å². The van der Waals surface area contributed by atoms with E-state index in [-0.39, 0.29) is 0 Å². The Balaban J connectivity index is 1.63. The highest BCUT2D eigenvalue weighted by molar-refractivity contribution is 6.02. The lowest BCUT2D eigenvalue weighted by Crippen LogP contribution is -2.20. The highest BCUT2D eigenvalue weighted by Crippen LogP contribution is 2.33. The lowest BCUT2D eigenvalue weighted by Gasteiger charge is -2.18. The molecule has 1 aliphatic rings. The van der Waals surface area contributed by atoms with Gasteiger partial charge in [-0.2, -0.15) is 5.10 Å². The number of allylic oxidation sites excluding steroid dienone is 1.